The van der Waals surface area contributed by atoms with Crippen molar-refractivity contribution in [1.29, 1.82) is 0 Å². The third-order valence-corrected chi connectivity index (χ3v) is 4.05. The first-order valence-electron chi connectivity index (χ1n) is 5.03. The number of ether oxygens (including phenoxy) is 1. The van der Waals surface area contributed by atoms with E-state index in [1.54, 1.807) is 19.1 Å². The average Bonchev–Trinajstić information content (AvgIpc) is 2.74. The molecule has 0 aromatic carbocycles. The Hall–Kier alpha value is -0.870. The average molecular weight is 259 g/mol. The number of hydrogen-bond acceptors (Lipinski definition) is 4. The van der Waals surface area contributed by atoms with E-state index in [1.807, 2.05) is 5.38 Å². The molecule has 1 heterocycles. The maximum Gasteiger partial charge on any atom is 0.327 e. The lowest BCUT2D eigenvalue weighted by Crippen LogP contribution is -2.24. The van der Waals surface area contributed by atoms with Gasteiger partial charge < -0.3 is 4.74 Å². The second-order valence-corrected chi connectivity index (χ2v) is 5.30. The predicted molar refractivity (Wildman–Crippen MR) is 62.0 cm³/mol. The number of halogens is 1. The Labute approximate surface area is 102 Å². The fourth-order valence-electron chi connectivity index (χ4n) is 1.61. The van der Waals surface area contributed by atoms with Crippen LogP contribution in [0.3, 0.4) is 0 Å². The summed E-state index contributed by atoms with van der Waals surface area (Å²) < 4.78 is 4.85. The van der Waals surface area contributed by atoms with Crippen molar-refractivity contribution in [3.63, 3.8) is 0 Å². The van der Waals surface area contributed by atoms with Crippen LogP contribution in [0.25, 0.3) is 0 Å². The number of alkyl halides is 1. The number of rotatable bonds is 4. The van der Waals surface area contributed by atoms with Gasteiger partial charge in [-0.25, -0.2) is 0 Å². The fourth-order valence-corrected chi connectivity index (χ4v) is 2.63. The van der Waals surface area contributed by atoms with Gasteiger partial charge >= 0.3 is 5.97 Å². The monoisotopic (exact) mass is 258 g/mol. The van der Waals surface area contributed by atoms with Crippen LogP contribution in [0.15, 0.2) is 17.5 Å². The third-order valence-electron chi connectivity index (χ3n) is 2.59. The van der Waals surface area contributed by atoms with Gasteiger partial charge in [0.1, 0.15) is 0 Å². The lowest BCUT2D eigenvalue weighted by atomic mass is 10.2. The standard InChI is InChI=1S/C11H11ClO3S/c1-2-15-10(14)11(12)6-7(11)9(13)8-4-3-5-16-8/h3-5,7H,2,6H2,1H3/t7-,11-/m0/s1. The summed E-state index contributed by atoms with van der Waals surface area (Å²) in [6, 6.07) is 3.55. The van der Waals surface area contributed by atoms with Gasteiger partial charge in [0.2, 0.25) is 0 Å². The highest BCUT2D eigenvalue weighted by atomic mass is 35.5. The molecule has 1 saturated carbocycles. The molecule has 3 nitrogen and oxygen atoms in total. The molecule has 1 aliphatic carbocycles. The summed E-state index contributed by atoms with van der Waals surface area (Å²) in [5.41, 5.74) is 0. The van der Waals surface area contributed by atoms with Crippen molar-refractivity contribution in [1.82, 2.24) is 0 Å². The molecule has 86 valence electrons. The molecule has 16 heavy (non-hydrogen) atoms. The van der Waals surface area contributed by atoms with Crippen LogP contribution in [0.5, 0.6) is 0 Å². The molecule has 5 heteroatoms. The molecule has 2 rings (SSSR count). The topological polar surface area (TPSA) is 43.4 Å². The minimum Gasteiger partial charge on any atom is -0.465 e. The van der Waals surface area contributed by atoms with E-state index in [0.717, 1.165) is 0 Å². The van der Waals surface area contributed by atoms with Gasteiger partial charge in [-0.15, -0.1) is 22.9 Å². The predicted octanol–water partition coefficient (Wildman–Crippen LogP) is 2.49. The highest BCUT2D eigenvalue weighted by molar-refractivity contribution is 7.12. The molecule has 0 amide bonds. The molecule has 0 bridgehead atoms. The van der Waals surface area contributed by atoms with Crippen molar-refractivity contribution in [3.05, 3.63) is 22.4 Å². The van der Waals surface area contributed by atoms with Gasteiger partial charge in [0.25, 0.3) is 0 Å². The Bertz CT molecular complexity index is 415. The molecular weight excluding hydrogens is 248 g/mol. The zero-order valence-corrected chi connectivity index (χ0v) is 10.3. The van der Waals surface area contributed by atoms with Crippen molar-refractivity contribution in [3.8, 4) is 0 Å². The van der Waals surface area contributed by atoms with Crippen LogP contribution in [0.2, 0.25) is 0 Å². The number of carbonyl (C=O) groups excluding carboxylic acids is 2. The van der Waals surface area contributed by atoms with E-state index in [-0.39, 0.29) is 12.4 Å². The lowest BCUT2D eigenvalue weighted by molar-refractivity contribution is -0.143. The highest BCUT2D eigenvalue weighted by Gasteiger charge is 2.64. The van der Waals surface area contributed by atoms with Crippen LogP contribution in [-0.4, -0.2) is 23.2 Å². The molecule has 1 aromatic rings. The smallest absolute Gasteiger partial charge is 0.327 e. The van der Waals surface area contributed by atoms with Gasteiger partial charge in [0.15, 0.2) is 10.7 Å². The second kappa shape index (κ2) is 4.18. The summed E-state index contributed by atoms with van der Waals surface area (Å²) in [4.78, 5) is 23.0. The number of thiophene rings is 1. The summed E-state index contributed by atoms with van der Waals surface area (Å²) in [5, 5.41) is 1.83. The molecule has 2 atom stereocenters. The zero-order chi connectivity index (χ0) is 11.8. The Balaban J connectivity index is 2.05. The van der Waals surface area contributed by atoms with Crippen LogP contribution in [0, 0.1) is 5.92 Å². The summed E-state index contributed by atoms with van der Waals surface area (Å²) in [6.45, 7) is 2.00. The summed E-state index contributed by atoms with van der Waals surface area (Å²) in [6.07, 6.45) is 0.379. The van der Waals surface area contributed by atoms with Crippen molar-refractivity contribution >= 4 is 34.7 Å². The van der Waals surface area contributed by atoms with Gasteiger partial charge in [-0.1, -0.05) is 6.07 Å². The molecular formula is C11H11ClO3S. The number of esters is 1. The molecule has 0 saturated heterocycles. The van der Waals surface area contributed by atoms with Crippen LogP contribution < -0.4 is 0 Å². The van der Waals surface area contributed by atoms with Crippen LogP contribution in [0.1, 0.15) is 23.0 Å². The van der Waals surface area contributed by atoms with Gasteiger partial charge in [0, 0.05) is 0 Å². The molecule has 1 aromatic heterocycles. The molecule has 0 N–H and O–H groups in total. The quantitative estimate of drug-likeness (QED) is 0.473. The second-order valence-electron chi connectivity index (χ2n) is 3.68. The minimum atomic E-state index is -1.11. The van der Waals surface area contributed by atoms with Gasteiger partial charge in [0.05, 0.1) is 17.4 Å². The number of ketones is 1. The minimum absolute atomic E-state index is 0.0574. The maximum atomic E-state index is 11.9. The number of carbonyl (C=O) groups is 2. The molecule has 0 spiro atoms. The van der Waals surface area contributed by atoms with E-state index in [4.69, 9.17) is 16.3 Å². The molecule has 0 radical (unpaired) electrons. The molecule has 0 aliphatic heterocycles. The first kappa shape index (κ1) is 11.6. The Morgan fingerprint density at radius 3 is 3.00 bits per heavy atom. The zero-order valence-electron chi connectivity index (χ0n) is 8.73. The van der Waals surface area contributed by atoms with Crippen molar-refractivity contribution < 1.29 is 14.3 Å². The van der Waals surface area contributed by atoms with Crippen LogP contribution in [-0.2, 0) is 9.53 Å². The summed E-state index contributed by atoms with van der Waals surface area (Å²) in [7, 11) is 0. The van der Waals surface area contributed by atoms with E-state index in [2.05, 4.69) is 0 Å². The highest BCUT2D eigenvalue weighted by Crippen LogP contribution is 2.52. The van der Waals surface area contributed by atoms with Gasteiger partial charge in [-0.05, 0) is 24.8 Å². The molecule has 1 aliphatic rings. The first-order chi connectivity index (χ1) is 7.59. The molecule has 0 unspecified atom stereocenters. The van der Waals surface area contributed by atoms with E-state index < -0.39 is 16.8 Å². The third kappa shape index (κ3) is 1.87. The largest absolute Gasteiger partial charge is 0.465 e. The first-order valence-corrected chi connectivity index (χ1v) is 6.29. The molecule has 1 fully saturated rings. The van der Waals surface area contributed by atoms with Crippen molar-refractivity contribution in [2.24, 2.45) is 5.92 Å². The SMILES string of the molecule is CCOC(=O)[C@]1(Cl)C[C@H]1C(=O)c1cccs1. The fraction of sp³-hybridized carbons (Fsp3) is 0.455. The van der Waals surface area contributed by atoms with E-state index in [1.165, 1.54) is 11.3 Å². The Morgan fingerprint density at radius 2 is 2.44 bits per heavy atom. The lowest BCUT2D eigenvalue weighted by Gasteiger charge is -2.06. The van der Waals surface area contributed by atoms with E-state index in [9.17, 15) is 9.59 Å². The Kier molecular flexibility index (Phi) is 3.04. The van der Waals surface area contributed by atoms with Gasteiger partial charge in [-0.2, -0.15) is 0 Å². The maximum absolute atomic E-state index is 11.9. The van der Waals surface area contributed by atoms with Crippen molar-refractivity contribution in [2.75, 3.05) is 6.61 Å². The number of hydrogen-bond donors (Lipinski definition) is 0. The Morgan fingerprint density at radius 1 is 1.69 bits per heavy atom. The van der Waals surface area contributed by atoms with Gasteiger partial charge in [-0.3, -0.25) is 9.59 Å². The van der Waals surface area contributed by atoms with E-state index >= 15 is 0 Å². The number of Topliss-reactive ketones (excluding diaryl/α,β-unsaturated/α-hetero) is 1. The van der Waals surface area contributed by atoms with E-state index in [0.29, 0.717) is 11.3 Å². The summed E-state index contributed by atoms with van der Waals surface area (Å²) in [5.74, 6) is -0.962. The van der Waals surface area contributed by atoms with Crippen LogP contribution >= 0.6 is 22.9 Å². The normalized spacial score (nSPS) is 27.5. The van der Waals surface area contributed by atoms with Crippen molar-refractivity contribution in [2.45, 2.75) is 18.2 Å². The summed E-state index contributed by atoms with van der Waals surface area (Å²) >= 11 is 7.43. The van der Waals surface area contributed by atoms with Crippen LogP contribution in [0.4, 0.5) is 0 Å².